The zero-order valence-corrected chi connectivity index (χ0v) is 10.8. The largest absolute Gasteiger partial charge is 0.507 e. The first-order valence-corrected chi connectivity index (χ1v) is 6.22. The van der Waals surface area contributed by atoms with Gasteiger partial charge in [0, 0.05) is 6.07 Å². The number of phenolic OH excluding ortho intramolecular Hbond substituents is 1. The van der Waals surface area contributed by atoms with Crippen LogP contribution >= 0.6 is 0 Å². The van der Waals surface area contributed by atoms with E-state index in [0.29, 0.717) is 10.9 Å². The molecule has 0 saturated heterocycles. The highest BCUT2D eigenvalue weighted by atomic mass is 16.4. The quantitative estimate of drug-likeness (QED) is 0.671. The van der Waals surface area contributed by atoms with Gasteiger partial charge in [-0.05, 0) is 23.3 Å². The number of phenols is 1. The van der Waals surface area contributed by atoms with Gasteiger partial charge in [0.2, 0.25) is 0 Å². The number of hydrogen-bond acceptors (Lipinski definition) is 4. The van der Waals surface area contributed by atoms with Crippen LogP contribution in [-0.2, 0) is 0 Å². The molecule has 0 atom stereocenters. The Balaban J connectivity index is 2.39. The molecule has 0 amide bonds. The zero-order chi connectivity index (χ0) is 15.0. The molecule has 5 nitrogen and oxygen atoms in total. The lowest BCUT2D eigenvalue weighted by Gasteiger charge is -2.10. The van der Waals surface area contributed by atoms with Crippen LogP contribution in [0.25, 0.3) is 22.0 Å². The second-order valence-corrected chi connectivity index (χ2v) is 4.55. The Labute approximate surface area is 119 Å². The summed E-state index contributed by atoms with van der Waals surface area (Å²) in [5.41, 5.74) is 1.25. The summed E-state index contributed by atoms with van der Waals surface area (Å²) in [6.07, 6.45) is 0. The van der Waals surface area contributed by atoms with E-state index >= 15 is 0 Å². The second-order valence-electron chi connectivity index (χ2n) is 4.55. The number of aromatic nitrogens is 1. The molecule has 1 heterocycles. The molecule has 21 heavy (non-hydrogen) atoms. The summed E-state index contributed by atoms with van der Waals surface area (Å²) in [6, 6.07) is 13.5. The Morgan fingerprint density at radius 3 is 2.33 bits per heavy atom. The maximum Gasteiger partial charge on any atom is 0.354 e. The number of aromatic hydroxyl groups is 2. The summed E-state index contributed by atoms with van der Waals surface area (Å²) in [7, 11) is 0. The number of rotatable bonds is 2. The van der Waals surface area contributed by atoms with E-state index in [1.165, 1.54) is 6.07 Å². The number of nitrogens with zero attached hydrogens (tertiary/aromatic N) is 1. The average Bonchev–Trinajstić information content (AvgIpc) is 2.49. The third kappa shape index (κ3) is 2.14. The third-order valence-corrected chi connectivity index (χ3v) is 3.22. The van der Waals surface area contributed by atoms with Gasteiger partial charge < -0.3 is 15.3 Å². The van der Waals surface area contributed by atoms with Crippen molar-refractivity contribution in [1.29, 1.82) is 0 Å². The van der Waals surface area contributed by atoms with Crippen molar-refractivity contribution in [3.8, 4) is 22.6 Å². The van der Waals surface area contributed by atoms with Crippen LogP contribution in [-0.4, -0.2) is 26.3 Å². The Morgan fingerprint density at radius 1 is 0.952 bits per heavy atom. The van der Waals surface area contributed by atoms with Crippen LogP contribution in [0.5, 0.6) is 11.5 Å². The van der Waals surface area contributed by atoms with E-state index in [4.69, 9.17) is 5.11 Å². The molecule has 0 radical (unpaired) electrons. The van der Waals surface area contributed by atoms with E-state index < -0.39 is 5.97 Å². The van der Waals surface area contributed by atoms with Crippen molar-refractivity contribution >= 4 is 16.9 Å². The molecule has 1 aromatic heterocycles. The Morgan fingerprint density at radius 2 is 1.67 bits per heavy atom. The van der Waals surface area contributed by atoms with Crippen molar-refractivity contribution in [2.24, 2.45) is 0 Å². The number of benzene rings is 2. The van der Waals surface area contributed by atoms with Gasteiger partial charge >= 0.3 is 5.97 Å². The van der Waals surface area contributed by atoms with Crippen LogP contribution in [0.3, 0.4) is 0 Å². The molecule has 0 saturated carbocycles. The first kappa shape index (κ1) is 12.9. The molecule has 0 aliphatic heterocycles. The van der Waals surface area contributed by atoms with E-state index in [0.717, 1.165) is 11.6 Å². The molecular weight excluding hydrogens is 270 g/mol. The van der Waals surface area contributed by atoms with E-state index in [1.807, 2.05) is 30.3 Å². The van der Waals surface area contributed by atoms with E-state index in [-0.39, 0.29) is 22.7 Å². The third-order valence-electron chi connectivity index (χ3n) is 3.22. The van der Waals surface area contributed by atoms with Crippen LogP contribution in [0.1, 0.15) is 10.5 Å². The number of pyridine rings is 1. The number of aromatic carboxylic acids is 1. The van der Waals surface area contributed by atoms with Gasteiger partial charge in [0.15, 0.2) is 5.69 Å². The van der Waals surface area contributed by atoms with Gasteiger partial charge in [0.25, 0.3) is 0 Å². The molecule has 0 spiro atoms. The predicted molar refractivity (Wildman–Crippen MR) is 77.5 cm³/mol. The van der Waals surface area contributed by atoms with Gasteiger partial charge in [-0.3, -0.25) is 0 Å². The van der Waals surface area contributed by atoms with Gasteiger partial charge in [0.05, 0.1) is 5.39 Å². The van der Waals surface area contributed by atoms with Crippen molar-refractivity contribution < 1.29 is 20.1 Å². The van der Waals surface area contributed by atoms with Crippen molar-refractivity contribution in [3.05, 3.63) is 54.2 Å². The molecule has 0 aliphatic carbocycles. The highest BCUT2D eigenvalue weighted by molar-refractivity contribution is 6.03. The fraction of sp³-hybridized carbons (Fsp3) is 0. The molecule has 0 bridgehead atoms. The van der Waals surface area contributed by atoms with Crippen molar-refractivity contribution in [1.82, 2.24) is 4.98 Å². The number of fused-ring (bicyclic) bond motifs is 1. The predicted octanol–water partition coefficient (Wildman–Crippen LogP) is 3.01. The molecular formula is C16H11NO4. The van der Waals surface area contributed by atoms with Gasteiger partial charge in [-0.25, -0.2) is 9.78 Å². The maximum atomic E-state index is 11.0. The molecule has 0 unspecified atom stereocenters. The molecule has 0 fully saturated rings. The van der Waals surface area contributed by atoms with Crippen molar-refractivity contribution in [2.45, 2.75) is 0 Å². The van der Waals surface area contributed by atoms with E-state index in [9.17, 15) is 15.0 Å². The van der Waals surface area contributed by atoms with Crippen molar-refractivity contribution in [2.75, 3.05) is 0 Å². The minimum Gasteiger partial charge on any atom is -0.507 e. The maximum absolute atomic E-state index is 11.0. The molecule has 104 valence electrons. The topological polar surface area (TPSA) is 90.7 Å². The molecule has 3 N–H and O–H groups in total. The smallest absolute Gasteiger partial charge is 0.354 e. The molecule has 0 aliphatic rings. The summed E-state index contributed by atoms with van der Waals surface area (Å²) >= 11 is 0. The second kappa shape index (κ2) is 4.79. The van der Waals surface area contributed by atoms with Crippen LogP contribution in [0.4, 0.5) is 0 Å². The Bertz CT molecular complexity index is 844. The lowest BCUT2D eigenvalue weighted by Crippen LogP contribution is -2.00. The first-order valence-electron chi connectivity index (χ1n) is 6.22. The van der Waals surface area contributed by atoms with E-state index in [1.54, 1.807) is 6.07 Å². The zero-order valence-electron chi connectivity index (χ0n) is 10.8. The lowest BCUT2D eigenvalue weighted by atomic mass is 9.99. The van der Waals surface area contributed by atoms with Gasteiger partial charge in [-0.2, -0.15) is 0 Å². The Hall–Kier alpha value is -3.08. The molecule has 3 aromatic rings. The summed E-state index contributed by atoms with van der Waals surface area (Å²) < 4.78 is 0. The fourth-order valence-corrected chi connectivity index (χ4v) is 2.27. The molecule has 2 aromatic carbocycles. The number of carbonyl (C=O) groups is 1. The molecule has 3 rings (SSSR count). The summed E-state index contributed by atoms with van der Waals surface area (Å²) in [6.45, 7) is 0. The summed E-state index contributed by atoms with van der Waals surface area (Å²) in [5, 5.41) is 29.4. The minimum atomic E-state index is -1.27. The van der Waals surface area contributed by atoms with Crippen LogP contribution in [0, 0.1) is 0 Å². The van der Waals surface area contributed by atoms with Crippen LogP contribution in [0.2, 0.25) is 0 Å². The summed E-state index contributed by atoms with van der Waals surface area (Å²) in [5.74, 6) is -1.67. The van der Waals surface area contributed by atoms with Gasteiger partial charge in [-0.15, -0.1) is 0 Å². The summed E-state index contributed by atoms with van der Waals surface area (Å²) in [4.78, 5) is 14.9. The number of carboxylic acids is 1. The van der Waals surface area contributed by atoms with Gasteiger partial charge in [0.1, 0.15) is 17.0 Å². The molecule has 5 heteroatoms. The monoisotopic (exact) mass is 281 g/mol. The lowest BCUT2D eigenvalue weighted by molar-refractivity contribution is 0.0690. The fourth-order valence-electron chi connectivity index (χ4n) is 2.27. The highest BCUT2D eigenvalue weighted by Crippen LogP contribution is 2.38. The SMILES string of the molecule is O=C(O)c1cc(O)c2c(-c3ccccc3)ccc(O)c2n1. The normalized spacial score (nSPS) is 10.7. The van der Waals surface area contributed by atoms with Crippen molar-refractivity contribution in [3.63, 3.8) is 0 Å². The van der Waals surface area contributed by atoms with Crippen LogP contribution in [0.15, 0.2) is 48.5 Å². The van der Waals surface area contributed by atoms with Crippen LogP contribution < -0.4 is 0 Å². The standard InChI is InChI=1S/C16H11NO4/c18-12-7-6-10(9-4-2-1-3-5-9)14-13(19)8-11(16(20)21)17-15(12)14/h1-8,18H,(H,17,19)(H,20,21). The number of carboxylic acid groups (broad SMARTS) is 1. The first-order chi connectivity index (χ1) is 10.1. The van der Waals surface area contributed by atoms with Gasteiger partial charge in [-0.1, -0.05) is 30.3 Å². The Kier molecular flexibility index (Phi) is 2.95. The highest BCUT2D eigenvalue weighted by Gasteiger charge is 2.16. The average molecular weight is 281 g/mol. The number of hydrogen-bond donors (Lipinski definition) is 3. The minimum absolute atomic E-state index is 0.0637. The van der Waals surface area contributed by atoms with E-state index in [2.05, 4.69) is 4.98 Å².